The summed E-state index contributed by atoms with van der Waals surface area (Å²) in [6, 6.07) is 0. The minimum atomic E-state index is 0.321. The SMILES string of the molecule is COCCCOCCC1(CN)CCCS1. The molecular weight excluding hydrogens is 210 g/mol. The fourth-order valence-corrected chi connectivity index (χ4v) is 3.24. The molecule has 0 amide bonds. The highest BCUT2D eigenvalue weighted by molar-refractivity contribution is 8.00. The van der Waals surface area contributed by atoms with Crippen LogP contribution in [0.1, 0.15) is 25.7 Å². The summed E-state index contributed by atoms with van der Waals surface area (Å²) in [6.45, 7) is 3.23. The van der Waals surface area contributed by atoms with Gasteiger partial charge < -0.3 is 15.2 Å². The minimum Gasteiger partial charge on any atom is -0.385 e. The first-order valence-corrected chi connectivity index (χ1v) is 6.72. The van der Waals surface area contributed by atoms with Gasteiger partial charge in [-0.25, -0.2) is 0 Å². The Balaban J connectivity index is 2.02. The smallest absolute Gasteiger partial charge is 0.0487 e. The molecule has 0 aliphatic carbocycles. The maximum absolute atomic E-state index is 5.83. The molecular formula is C11H23NO2S. The fourth-order valence-electron chi connectivity index (χ4n) is 1.88. The van der Waals surface area contributed by atoms with Gasteiger partial charge in [0.05, 0.1) is 0 Å². The first-order valence-electron chi connectivity index (χ1n) is 5.74. The Morgan fingerprint density at radius 3 is 2.80 bits per heavy atom. The van der Waals surface area contributed by atoms with E-state index in [1.807, 2.05) is 11.8 Å². The van der Waals surface area contributed by atoms with Crippen molar-refractivity contribution in [1.82, 2.24) is 0 Å². The second-order valence-electron chi connectivity index (χ2n) is 4.05. The summed E-state index contributed by atoms with van der Waals surface area (Å²) in [6.07, 6.45) is 4.65. The van der Waals surface area contributed by atoms with Gasteiger partial charge in [0.1, 0.15) is 0 Å². The average molecular weight is 233 g/mol. The molecule has 0 spiro atoms. The van der Waals surface area contributed by atoms with Crippen LogP contribution in [-0.4, -0.2) is 44.0 Å². The van der Waals surface area contributed by atoms with Crippen LogP contribution < -0.4 is 5.73 Å². The summed E-state index contributed by atoms with van der Waals surface area (Å²) < 4.78 is 10.9. The highest BCUT2D eigenvalue weighted by atomic mass is 32.2. The van der Waals surface area contributed by atoms with E-state index in [1.165, 1.54) is 18.6 Å². The van der Waals surface area contributed by atoms with Crippen molar-refractivity contribution in [1.29, 1.82) is 0 Å². The van der Waals surface area contributed by atoms with Crippen LogP contribution in [0.4, 0.5) is 0 Å². The molecule has 1 atom stereocenters. The van der Waals surface area contributed by atoms with Crippen LogP contribution >= 0.6 is 11.8 Å². The molecule has 1 fully saturated rings. The zero-order valence-electron chi connectivity index (χ0n) is 9.67. The van der Waals surface area contributed by atoms with E-state index in [0.29, 0.717) is 4.75 Å². The lowest BCUT2D eigenvalue weighted by atomic mass is 10.00. The summed E-state index contributed by atoms with van der Waals surface area (Å²) in [5.74, 6) is 1.26. The molecule has 0 aromatic rings. The van der Waals surface area contributed by atoms with Gasteiger partial charge in [0.25, 0.3) is 0 Å². The van der Waals surface area contributed by atoms with Gasteiger partial charge in [0, 0.05) is 38.2 Å². The Kier molecular flexibility index (Phi) is 6.64. The van der Waals surface area contributed by atoms with Gasteiger partial charge in [0.2, 0.25) is 0 Å². The van der Waals surface area contributed by atoms with Gasteiger partial charge in [0.15, 0.2) is 0 Å². The van der Waals surface area contributed by atoms with E-state index in [4.69, 9.17) is 15.2 Å². The molecule has 2 N–H and O–H groups in total. The number of nitrogens with two attached hydrogens (primary N) is 1. The average Bonchev–Trinajstić information content (AvgIpc) is 2.73. The monoisotopic (exact) mass is 233 g/mol. The van der Waals surface area contributed by atoms with Crippen LogP contribution in [0, 0.1) is 0 Å². The maximum Gasteiger partial charge on any atom is 0.0487 e. The molecule has 3 nitrogen and oxygen atoms in total. The first-order chi connectivity index (χ1) is 7.33. The second-order valence-corrected chi connectivity index (χ2v) is 5.61. The quantitative estimate of drug-likeness (QED) is 0.648. The molecule has 1 aliphatic rings. The lowest BCUT2D eigenvalue weighted by Gasteiger charge is -2.25. The number of hydrogen-bond donors (Lipinski definition) is 1. The third-order valence-electron chi connectivity index (χ3n) is 2.90. The van der Waals surface area contributed by atoms with Crippen molar-refractivity contribution in [2.45, 2.75) is 30.4 Å². The predicted octanol–water partition coefficient (Wildman–Crippen LogP) is 1.65. The van der Waals surface area contributed by atoms with Gasteiger partial charge in [-0.1, -0.05) is 0 Å². The van der Waals surface area contributed by atoms with Crippen LogP contribution in [0.2, 0.25) is 0 Å². The van der Waals surface area contributed by atoms with E-state index >= 15 is 0 Å². The van der Waals surface area contributed by atoms with E-state index in [9.17, 15) is 0 Å². The van der Waals surface area contributed by atoms with Gasteiger partial charge >= 0.3 is 0 Å². The van der Waals surface area contributed by atoms with Crippen molar-refractivity contribution < 1.29 is 9.47 Å². The minimum absolute atomic E-state index is 0.321. The lowest BCUT2D eigenvalue weighted by Crippen LogP contribution is -2.33. The summed E-state index contributed by atoms with van der Waals surface area (Å²) in [4.78, 5) is 0. The Labute approximate surface area is 97.1 Å². The van der Waals surface area contributed by atoms with Crippen LogP contribution in [0.15, 0.2) is 0 Å². The van der Waals surface area contributed by atoms with Gasteiger partial charge in [-0.2, -0.15) is 11.8 Å². The second kappa shape index (κ2) is 7.49. The molecule has 15 heavy (non-hydrogen) atoms. The topological polar surface area (TPSA) is 44.5 Å². The molecule has 1 aliphatic heterocycles. The van der Waals surface area contributed by atoms with Crippen molar-refractivity contribution in [2.75, 3.05) is 39.2 Å². The third kappa shape index (κ3) is 4.72. The zero-order valence-corrected chi connectivity index (χ0v) is 10.5. The van der Waals surface area contributed by atoms with E-state index in [0.717, 1.165) is 39.2 Å². The van der Waals surface area contributed by atoms with E-state index in [1.54, 1.807) is 7.11 Å². The van der Waals surface area contributed by atoms with Crippen molar-refractivity contribution in [3.8, 4) is 0 Å². The molecule has 0 aromatic carbocycles. The van der Waals surface area contributed by atoms with Crippen molar-refractivity contribution in [2.24, 2.45) is 5.73 Å². The van der Waals surface area contributed by atoms with E-state index in [-0.39, 0.29) is 0 Å². The molecule has 1 heterocycles. The molecule has 0 radical (unpaired) electrons. The lowest BCUT2D eigenvalue weighted by molar-refractivity contribution is 0.0966. The zero-order chi connectivity index (χ0) is 11.0. The first kappa shape index (κ1) is 13.3. The number of methoxy groups -OCH3 is 1. The number of rotatable bonds is 8. The summed E-state index contributed by atoms with van der Waals surface area (Å²) in [5, 5.41) is 0. The van der Waals surface area contributed by atoms with Gasteiger partial charge in [-0.3, -0.25) is 0 Å². The summed E-state index contributed by atoms with van der Waals surface area (Å²) in [7, 11) is 1.72. The Morgan fingerprint density at radius 2 is 2.20 bits per heavy atom. The number of hydrogen-bond acceptors (Lipinski definition) is 4. The van der Waals surface area contributed by atoms with Crippen molar-refractivity contribution in [3.05, 3.63) is 0 Å². The molecule has 1 rings (SSSR count). The summed E-state index contributed by atoms with van der Waals surface area (Å²) in [5.41, 5.74) is 5.83. The Morgan fingerprint density at radius 1 is 1.33 bits per heavy atom. The maximum atomic E-state index is 5.83. The number of ether oxygens (including phenoxy) is 2. The molecule has 1 saturated heterocycles. The Bertz CT molecular complexity index is 161. The van der Waals surface area contributed by atoms with E-state index < -0.39 is 0 Å². The van der Waals surface area contributed by atoms with Crippen molar-refractivity contribution >= 4 is 11.8 Å². The molecule has 0 saturated carbocycles. The summed E-state index contributed by atoms with van der Waals surface area (Å²) >= 11 is 2.03. The highest BCUT2D eigenvalue weighted by Gasteiger charge is 2.32. The highest BCUT2D eigenvalue weighted by Crippen LogP contribution is 2.39. The van der Waals surface area contributed by atoms with Gasteiger partial charge in [-0.15, -0.1) is 0 Å². The molecule has 4 heteroatoms. The Hall–Kier alpha value is 0.230. The molecule has 0 bridgehead atoms. The predicted molar refractivity (Wildman–Crippen MR) is 65.4 cm³/mol. The largest absolute Gasteiger partial charge is 0.385 e. The standard InChI is InChI=1S/C11H23NO2S/c1-13-6-3-7-14-8-5-11(10-12)4-2-9-15-11/h2-10,12H2,1H3. The fraction of sp³-hybridized carbons (Fsp3) is 1.00. The van der Waals surface area contributed by atoms with Crippen LogP contribution in [0.25, 0.3) is 0 Å². The van der Waals surface area contributed by atoms with Crippen molar-refractivity contribution in [3.63, 3.8) is 0 Å². The van der Waals surface area contributed by atoms with E-state index in [2.05, 4.69) is 0 Å². The van der Waals surface area contributed by atoms with Crippen LogP contribution in [0.3, 0.4) is 0 Å². The number of thioether (sulfide) groups is 1. The molecule has 90 valence electrons. The molecule has 1 unspecified atom stereocenters. The molecule has 0 aromatic heterocycles. The van der Waals surface area contributed by atoms with Crippen LogP contribution in [-0.2, 0) is 9.47 Å². The normalized spacial score (nSPS) is 26.0. The third-order valence-corrected chi connectivity index (χ3v) is 4.58. The van der Waals surface area contributed by atoms with Gasteiger partial charge in [-0.05, 0) is 31.4 Å². The van der Waals surface area contributed by atoms with Crippen LogP contribution in [0.5, 0.6) is 0 Å².